The molecule has 0 saturated carbocycles. The second-order valence-electron chi connectivity index (χ2n) is 7.36. The molecule has 0 bridgehead atoms. The Morgan fingerprint density at radius 3 is 2.80 bits per heavy atom. The van der Waals surface area contributed by atoms with Gasteiger partial charge in [0.15, 0.2) is 0 Å². The van der Waals surface area contributed by atoms with Crippen molar-refractivity contribution in [2.24, 2.45) is 5.41 Å². The fourth-order valence-electron chi connectivity index (χ4n) is 4.19. The highest BCUT2D eigenvalue weighted by Gasteiger charge is 2.39. The van der Waals surface area contributed by atoms with Crippen LogP contribution >= 0.6 is 0 Å². The summed E-state index contributed by atoms with van der Waals surface area (Å²) in [5.74, 6) is 0. The molecule has 2 aliphatic heterocycles. The highest BCUT2D eigenvalue weighted by Crippen LogP contribution is 2.34. The zero-order valence-electron chi connectivity index (χ0n) is 14.7. The molecule has 2 aromatic heterocycles. The van der Waals surface area contributed by atoms with Gasteiger partial charge < -0.3 is 9.64 Å². The van der Waals surface area contributed by atoms with Gasteiger partial charge in [-0.15, -0.1) is 0 Å². The van der Waals surface area contributed by atoms with Crippen LogP contribution in [-0.2, 0) is 11.3 Å². The quantitative estimate of drug-likeness (QED) is 0.860. The van der Waals surface area contributed by atoms with Gasteiger partial charge in [0.25, 0.3) is 0 Å². The molecule has 5 heteroatoms. The SMILES string of the molecule is c1cncc(N2CCOCC3(CCCN(Cc4ccncc4)C3)C2)c1. The van der Waals surface area contributed by atoms with Crippen LogP contribution in [0.1, 0.15) is 18.4 Å². The zero-order valence-corrected chi connectivity index (χ0v) is 14.7. The third kappa shape index (κ3) is 3.99. The first kappa shape index (κ1) is 16.5. The maximum Gasteiger partial charge on any atom is 0.0641 e. The summed E-state index contributed by atoms with van der Waals surface area (Å²) in [5, 5.41) is 0. The fourth-order valence-corrected chi connectivity index (χ4v) is 4.19. The van der Waals surface area contributed by atoms with Crippen molar-refractivity contribution in [3.8, 4) is 0 Å². The summed E-state index contributed by atoms with van der Waals surface area (Å²) in [6.45, 7) is 6.89. The number of ether oxygens (including phenoxy) is 1. The van der Waals surface area contributed by atoms with Crippen molar-refractivity contribution in [3.05, 3.63) is 54.6 Å². The van der Waals surface area contributed by atoms with Crippen LogP contribution in [0.3, 0.4) is 0 Å². The van der Waals surface area contributed by atoms with E-state index in [1.54, 1.807) is 0 Å². The Bertz CT molecular complexity index is 666. The average Bonchev–Trinajstić information content (AvgIpc) is 2.86. The molecule has 132 valence electrons. The lowest BCUT2D eigenvalue weighted by molar-refractivity contribution is 0.0106. The first-order valence-corrected chi connectivity index (χ1v) is 9.17. The van der Waals surface area contributed by atoms with Gasteiger partial charge in [-0.2, -0.15) is 0 Å². The third-order valence-electron chi connectivity index (χ3n) is 5.35. The summed E-state index contributed by atoms with van der Waals surface area (Å²) in [4.78, 5) is 13.5. The Kier molecular flexibility index (Phi) is 4.95. The smallest absolute Gasteiger partial charge is 0.0641 e. The molecule has 2 fully saturated rings. The van der Waals surface area contributed by atoms with Crippen LogP contribution in [0.25, 0.3) is 0 Å². The minimum atomic E-state index is 0.206. The van der Waals surface area contributed by atoms with Crippen LogP contribution in [0, 0.1) is 5.41 Å². The van der Waals surface area contributed by atoms with Crippen molar-refractivity contribution in [2.45, 2.75) is 19.4 Å². The van der Waals surface area contributed by atoms with Gasteiger partial charge >= 0.3 is 0 Å². The van der Waals surface area contributed by atoms with E-state index < -0.39 is 0 Å². The lowest BCUT2D eigenvalue weighted by Crippen LogP contribution is -2.50. The van der Waals surface area contributed by atoms with Gasteiger partial charge in [-0.25, -0.2) is 0 Å². The van der Waals surface area contributed by atoms with Gasteiger partial charge in [-0.05, 0) is 49.2 Å². The molecular formula is C20H26N4O. The summed E-state index contributed by atoms with van der Waals surface area (Å²) < 4.78 is 6.04. The summed E-state index contributed by atoms with van der Waals surface area (Å²) in [6.07, 6.45) is 10.0. The van der Waals surface area contributed by atoms with Crippen LogP contribution in [-0.4, -0.2) is 54.3 Å². The van der Waals surface area contributed by atoms with Gasteiger partial charge in [0.1, 0.15) is 0 Å². The minimum Gasteiger partial charge on any atom is -0.379 e. The number of rotatable bonds is 3. The highest BCUT2D eigenvalue weighted by molar-refractivity contribution is 5.44. The lowest BCUT2D eigenvalue weighted by Gasteiger charge is -2.44. The molecule has 4 rings (SSSR count). The number of hydrogen-bond donors (Lipinski definition) is 0. The van der Waals surface area contributed by atoms with E-state index in [9.17, 15) is 0 Å². The predicted octanol–water partition coefficient (Wildman–Crippen LogP) is 2.60. The van der Waals surface area contributed by atoms with E-state index in [0.717, 1.165) is 45.9 Å². The van der Waals surface area contributed by atoms with E-state index >= 15 is 0 Å². The number of pyridine rings is 2. The van der Waals surface area contributed by atoms with Crippen LogP contribution in [0.15, 0.2) is 49.1 Å². The van der Waals surface area contributed by atoms with E-state index in [0.29, 0.717) is 0 Å². The largest absolute Gasteiger partial charge is 0.379 e. The van der Waals surface area contributed by atoms with Crippen molar-refractivity contribution in [2.75, 3.05) is 44.3 Å². The summed E-state index contributed by atoms with van der Waals surface area (Å²) in [5.41, 5.74) is 2.75. The Hall–Kier alpha value is -1.98. The zero-order chi connectivity index (χ0) is 17.0. The normalized spacial score (nSPS) is 25.0. The molecule has 0 amide bonds. The minimum absolute atomic E-state index is 0.206. The van der Waals surface area contributed by atoms with Gasteiger partial charge in [0.05, 0.1) is 25.1 Å². The Balaban J connectivity index is 1.49. The molecule has 1 spiro atoms. The molecule has 2 saturated heterocycles. The first-order chi connectivity index (χ1) is 12.3. The van der Waals surface area contributed by atoms with Crippen molar-refractivity contribution in [1.82, 2.24) is 14.9 Å². The molecule has 1 atom stereocenters. The number of hydrogen-bond acceptors (Lipinski definition) is 5. The van der Waals surface area contributed by atoms with Crippen LogP contribution in [0.4, 0.5) is 5.69 Å². The Labute approximate surface area is 149 Å². The maximum absolute atomic E-state index is 6.04. The van der Waals surface area contributed by atoms with Crippen molar-refractivity contribution in [3.63, 3.8) is 0 Å². The van der Waals surface area contributed by atoms with E-state index in [2.05, 4.69) is 38.0 Å². The molecule has 0 N–H and O–H groups in total. The molecule has 2 aromatic rings. The average molecular weight is 338 g/mol. The van der Waals surface area contributed by atoms with Crippen LogP contribution in [0.2, 0.25) is 0 Å². The third-order valence-corrected chi connectivity index (χ3v) is 5.35. The summed E-state index contributed by atoms with van der Waals surface area (Å²) in [6, 6.07) is 8.41. The Morgan fingerprint density at radius 1 is 1.04 bits per heavy atom. The maximum atomic E-state index is 6.04. The number of nitrogens with zero attached hydrogens (tertiary/aromatic N) is 4. The van der Waals surface area contributed by atoms with E-state index in [1.165, 1.54) is 24.1 Å². The molecular weight excluding hydrogens is 312 g/mol. The van der Waals surface area contributed by atoms with Gasteiger partial charge in [0, 0.05) is 50.2 Å². The summed E-state index contributed by atoms with van der Waals surface area (Å²) >= 11 is 0. The molecule has 0 aromatic carbocycles. The van der Waals surface area contributed by atoms with Gasteiger partial charge in [0.2, 0.25) is 0 Å². The van der Waals surface area contributed by atoms with Gasteiger partial charge in [-0.3, -0.25) is 14.9 Å². The van der Waals surface area contributed by atoms with Crippen molar-refractivity contribution < 1.29 is 4.74 Å². The van der Waals surface area contributed by atoms with E-state index in [1.807, 2.05) is 30.9 Å². The van der Waals surface area contributed by atoms with Crippen LogP contribution < -0.4 is 4.90 Å². The number of anilines is 1. The fraction of sp³-hybridized carbons (Fsp3) is 0.500. The summed E-state index contributed by atoms with van der Waals surface area (Å²) in [7, 11) is 0. The van der Waals surface area contributed by atoms with Crippen molar-refractivity contribution in [1.29, 1.82) is 0 Å². The van der Waals surface area contributed by atoms with E-state index in [4.69, 9.17) is 4.74 Å². The molecule has 1 unspecified atom stereocenters. The van der Waals surface area contributed by atoms with Crippen LogP contribution in [0.5, 0.6) is 0 Å². The Morgan fingerprint density at radius 2 is 1.96 bits per heavy atom. The molecule has 25 heavy (non-hydrogen) atoms. The standard InChI is InChI=1S/C20H26N4O/c1-3-19(13-22-7-1)24-11-12-25-17-20(16-24)6-2-10-23(15-20)14-18-4-8-21-9-5-18/h1,3-5,7-9,13H,2,6,10-12,14-17H2. The monoisotopic (exact) mass is 338 g/mol. The lowest BCUT2D eigenvalue weighted by atomic mass is 9.80. The molecule has 0 aliphatic carbocycles. The molecule has 4 heterocycles. The number of likely N-dealkylation sites (tertiary alicyclic amines) is 1. The van der Waals surface area contributed by atoms with Crippen molar-refractivity contribution >= 4 is 5.69 Å². The predicted molar refractivity (Wildman–Crippen MR) is 98.5 cm³/mol. The molecule has 0 radical (unpaired) electrons. The first-order valence-electron chi connectivity index (χ1n) is 9.17. The number of aromatic nitrogens is 2. The second-order valence-corrected chi connectivity index (χ2v) is 7.36. The highest BCUT2D eigenvalue weighted by atomic mass is 16.5. The van der Waals surface area contributed by atoms with Gasteiger partial charge in [-0.1, -0.05) is 0 Å². The van der Waals surface area contributed by atoms with E-state index in [-0.39, 0.29) is 5.41 Å². The topological polar surface area (TPSA) is 41.5 Å². The number of piperidine rings is 1. The molecule has 5 nitrogen and oxygen atoms in total. The second kappa shape index (κ2) is 7.50. The molecule has 2 aliphatic rings.